The van der Waals surface area contributed by atoms with Gasteiger partial charge in [-0.1, -0.05) is 57.6 Å². The summed E-state index contributed by atoms with van der Waals surface area (Å²) in [7, 11) is -3.49. The van der Waals surface area contributed by atoms with Crippen molar-refractivity contribution in [1.82, 2.24) is 0 Å². The van der Waals surface area contributed by atoms with Crippen molar-refractivity contribution in [2.45, 2.75) is 82.8 Å². The van der Waals surface area contributed by atoms with Gasteiger partial charge in [0, 0.05) is 6.26 Å². The number of carboxylic acids is 1. The summed E-state index contributed by atoms with van der Waals surface area (Å²) in [5, 5.41) is 7.66. The van der Waals surface area contributed by atoms with Crippen LogP contribution in [0, 0.1) is 0 Å². The van der Waals surface area contributed by atoms with Crippen molar-refractivity contribution >= 4 is 15.8 Å². The van der Waals surface area contributed by atoms with Gasteiger partial charge in [0.05, 0.1) is 0 Å². The first kappa shape index (κ1) is 21.2. The first-order valence-corrected chi connectivity index (χ1v) is 10.4. The summed E-state index contributed by atoms with van der Waals surface area (Å²) < 4.78 is 22.6. The van der Waals surface area contributed by atoms with Gasteiger partial charge in [0.25, 0.3) is 0 Å². The van der Waals surface area contributed by atoms with E-state index < -0.39 is 21.1 Å². The Bertz CT molecular complexity index is 412. The molecule has 4 nitrogen and oxygen atoms in total. The van der Waals surface area contributed by atoms with Crippen LogP contribution >= 0.6 is 0 Å². The molecule has 130 valence electrons. The predicted molar refractivity (Wildman–Crippen MR) is 91.9 cm³/mol. The Kier molecular flexibility index (Phi) is 12.2. The van der Waals surface area contributed by atoms with Crippen LogP contribution in [-0.2, 0) is 14.6 Å². The molecular weight excluding hydrogens is 300 g/mol. The van der Waals surface area contributed by atoms with Gasteiger partial charge in [0.15, 0.2) is 15.1 Å². The van der Waals surface area contributed by atoms with Crippen molar-refractivity contribution in [3.05, 3.63) is 12.2 Å². The zero-order valence-electron chi connectivity index (χ0n) is 14.1. The van der Waals surface area contributed by atoms with Crippen molar-refractivity contribution in [1.29, 1.82) is 0 Å². The molecule has 1 N–H and O–H groups in total. The first-order valence-electron chi connectivity index (χ1n) is 8.46. The standard InChI is InChI=1S/C17H32O4S/c1-3-4-5-6-7-8-9-10-11-12-13-14-15-16(17(18)19)22(2,20)21/h8-9,16H,3-7,10-15H2,1-2H3,(H,18,19)/b9-8-. The summed E-state index contributed by atoms with van der Waals surface area (Å²) in [6.07, 6.45) is 16.7. The zero-order valence-corrected chi connectivity index (χ0v) is 14.9. The third-order valence-electron chi connectivity index (χ3n) is 3.77. The van der Waals surface area contributed by atoms with Crippen LogP contribution in [0.2, 0.25) is 0 Å². The number of carbonyl (C=O) groups is 1. The van der Waals surface area contributed by atoms with E-state index in [2.05, 4.69) is 19.1 Å². The van der Waals surface area contributed by atoms with Crippen LogP contribution < -0.4 is 0 Å². The molecule has 0 fully saturated rings. The molecular formula is C17H32O4S. The van der Waals surface area contributed by atoms with E-state index in [1.165, 1.54) is 25.7 Å². The lowest BCUT2D eigenvalue weighted by molar-refractivity contribution is -0.136. The second-order valence-electron chi connectivity index (χ2n) is 5.97. The second kappa shape index (κ2) is 12.7. The van der Waals surface area contributed by atoms with E-state index >= 15 is 0 Å². The summed E-state index contributed by atoms with van der Waals surface area (Å²) in [6, 6.07) is 0. The van der Waals surface area contributed by atoms with Crippen molar-refractivity contribution in [3.63, 3.8) is 0 Å². The van der Waals surface area contributed by atoms with E-state index in [9.17, 15) is 13.2 Å². The Morgan fingerprint density at radius 1 is 0.955 bits per heavy atom. The summed E-state index contributed by atoms with van der Waals surface area (Å²) >= 11 is 0. The summed E-state index contributed by atoms with van der Waals surface area (Å²) in [4.78, 5) is 10.9. The average molecular weight is 333 g/mol. The number of carboxylic acid groups (broad SMARTS) is 1. The molecule has 1 atom stereocenters. The Hall–Kier alpha value is -0.840. The van der Waals surface area contributed by atoms with Crippen LogP contribution in [-0.4, -0.2) is 31.0 Å². The third kappa shape index (κ3) is 11.8. The van der Waals surface area contributed by atoms with Crippen LogP contribution in [0.25, 0.3) is 0 Å². The number of aliphatic carboxylic acids is 1. The lowest BCUT2D eigenvalue weighted by Gasteiger charge is -2.09. The molecule has 1 unspecified atom stereocenters. The second-order valence-corrected chi connectivity index (χ2v) is 8.20. The normalized spacial score (nSPS) is 13.5. The lowest BCUT2D eigenvalue weighted by atomic mass is 10.1. The Morgan fingerprint density at radius 2 is 1.45 bits per heavy atom. The van der Waals surface area contributed by atoms with E-state index in [0.717, 1.165) is 38.4 Å². The highest BCUT2D eigenvalue weighted by Crippen LogP contribution is 2.13. The lowest BCUT2D eigenvalue weighted by Crippen LogP contribution is -2.29. The summed E-state index contributed by atoms with van der Waals surface area (Å²) in [5.41, 5.74) is 0. The maximum absolute atomic E-state index is 11.3. The molecule has 0 saturated carbocycles. The van der Waals surface area contributed by atoms with Gasteiger partial charge >= 0.3 is 5.97 Å². The SMILES string of the molecule is CCCCCC/C=C\CCCCCCC(C(=O)O)S(C)(=O)=O. The largest absolute Gasteiger partial charge is 0.480 e. The van der Waals surface area contributed by atoms with Gasteiger partial charge in [-0.2, -0.15) is 0 Å². The maximum Gasteiger partial charge on any atom is 0.321 e. The van der Waals surface area contributed by atoms with Crippen LogP contribution in [0.5, 0.6) is 0 Å². The minimum atomic E-state index is -3.49. The van der Waals surface area contributed by atoms with Gasteiger partial charge in [0.1, 0.15) is 0 Å². The number of allylic oxidation sites excluding steroid dienone is 2. The fourth-order valence-corrected chi connectivity index (χ4v) is 3.35. The molecule has 0 bridgehead atoms. The third-order valence-corrected chi connectivity index (χ3v) is 5.24. The quantitative estimate of drug-likeness (QED) is 0.379. The van der Waals surface area contributed by atoms with Crippen LogP contribution in [0.3, 0.4) is 0 Å². The van der Waals surface area contributed by atoms with Crippen LogP contribution in [0.15, 0.2) is 12.2 Å². The van der Waals surface area contributed by atoms with Crippen molar-refractivity contribution in [2.24, 2.45) is 0 Å². The fraction of sp³-hybridized carbons (Fsp3) is 0.824. The van der Waals surface area contributed by atoms with Crippen LogP contribution in [0.4, 0.5) is 0 Å². The molecule has 0 aliphatic rings. The number of unbranched alkanes of at least 4 members (excludes halogenated alkanes) is 8. The van der Waals surface area contributed by atoms with E-state index in [1.807, 2.05) is 0 Å². The number of hydrogen-bond donors (Lipinski definition) is 1. The van der Waals surface area contributed by atoms with Crippen LogP contribution in [0.1, 0.15) is 77.6 Å². The molecule has 22 heavy (non-hydrogen) atoms. The number of rotatable bonds is 14. The van der Waals surface area contributed by atoms with Gasteiger partial charge in [-0.15, -0.1) is 0 Å². The Balaban J connectivity index is 3.57. The molecule has 0 aliphatic carbocycles. The molecule has 5 heteroatoms. The first-order chi connectivity index (χ1) is 10.4. The zero-order chi connectivity index (χ0) is 16.8. The van der Waals surface area contributed by atoms with Gasteiger partial charge < -0.3 is 5.11 Å². The Labute approximate surface area is 135 Å². The topological polar surface area (TPSA) is 71.4 Å². The van der Waals surface area contributed by atoms with E-state index in [0.29, 0.717) is 6.42 Å². The molecule has 0 aliphatic heterocycles. The summed E-state index contributed by atoms with van der Waals surface area (Å²) in [6.45, 7) is 2.21. The van der Waals surface area contributed by atoms with Crippen molar-refractivity contribution in [3.8, 4) is 0 Å². The van der Waals surface area contributed by atoms with E-state index in [1.54, 1.807) is 0 Å². The van der Waals surface area contributed by atoms with Gasteiger partial charge in [-0.3, -0.25) is 4.79 Å². The number of hydrogen-bond acceptors (Lipinski definition) is 3. The van der Waals surface area contributed by atoms with Gasteiger partial charge in [-0.25, -0.2) is 8.42 Å². The monoisotopic (exact) mass is 332 g/mol. The molecule has 0 saturated heterocycles. The predicted octanol–water partition coefficient (Wildman–Crippen LogP) is 4.35. The molecule has 0 aromatic carbocycles. The molecule has 0 spiro atoms. The number of sulfone groups is 1. The molecule has 0 aromatic rings. The smallest absolute Gasteiger partial charge is 0.321 e. The summed E-state index contributed by atoms with van der Waals surface area (Å²) in [5.74, 6) is -1.23. The molecule has 0 amide bonds. The van der Waals surface area contributed by atoms with Crippen molar-refractivity contribution in [2.75, 3.05) is 6.26 Å². The maximum atomic E-state index is 11.3. The molecule has 0 heterocycles. The van der Waals surface area contributed by atoms with E-state index in [4.69, 9.17) is 5.11 Å². The average Bonchev–Trinajstić information content (AvgIpc) is 2.42. The highest BCUT2D eigenvalue weighted by atomic mass is 32.2. The Morgan fingerprint density at radius 3 is 1.91 bits per heavy atom. The molecule has 0 aromatic heterocycles. The van der Waals surface area contributed by atoms with Gasteiger partial charge in [-0.05, 0) is 32.1 Å². The molecule has 0 rings (SSSR count). The highest BCUT2D eigenvalue weighted by Gasteiger charge is 2.27. The highest BCUT2D eigenvalue weighted by molar-refractivity contribution is 7.92. The fourth-order valence-electron chi connectivity index (χ4n) is 2.39. The van der Waals surface area contributed by atoms with Gasteiger partial charge in [0.2, 0.25) is 0 Å². The van der Waals surface area contributed by atoms with E-state index in [-0.39, 0.29) is 6.42 Å². The minimum Gasteiger partial charge on any atom is -0.480 e. The van der Waals surface area contributed by atoms with Crippen molar-refractivity contribution < 1.29 is 18.3 Å². The molecule has 0 radical (unpaired) electrons. The minimum absolute atomic E-state index is 0.224.